The Morgan fingerprint density at radius 1 is 1.14 bits per heavy atom. The second-order valence-corrected chi connectivity index (χ2v) is 9.59. The first-order valence-corrected chi connectivity index (χ1v) is 10.4. The van der Waals surface area contributed by atoms with Crippen LogP contribution in [0.25, 0.3) is 0 Å². The Labute approximate surface area is 136 Å². The summed E-state index contributed by atoms with van der Waals surface area (Å²) in [6.45, 7) is 0.527. The van der Waals surface area contributed by atoms with Gasteiger partial charge in [-0.2, -0.15) is 0 Å². The minimum atomic E-state index is -3.26. The minimum Gasteiger partial charge on any atom is -0.270 e. The normalized spacial score (nSPS) is 26.9. The molecule has 1 N–H and O–H groups in total. The summed E-state index contributed by atoms with van der Waals surface area (Å²) >= 11 is 1.63. The van der Waals surface area contributed by atoms with E-state index in [1.54, 1.807) is 11.8 Å². The zero-order valence-electron chi connectivity index (χ0n) is 12.6. The number of benzene rings is 1. The summed E-state index contributed by atoms with van der Waals surface area (Å²) in [6, 6.07) is 9.90. The molecule has 1 aliphatic heterocycles. The van der Waals surface area contributed by atoms with Crippen LogP contribution in [0.15, 0.2) is 35.3 Å². The van der Waals surface area contributed by atoms with Gasteiger partial charge in [0.2, 0.25) is 10.0 Å². The molecule has 6 heteroatoms. The summed E-state index contributed by atoms with van der Waals surface area (Å²) in [6.07, 6.45) is 6.55. The van der Waals surface area contributed by atoms with Crippen LogP contribution < -0.4 is 4.72 Å². The third-order valence-corrected chi connectivity index (χ3v) is 7.96. The van der Waals surface area contributed by atoms with Crippen molar-refractivity contribution in [2.24, 2.45) is 4.99 Å². The third kappa shape index (κ3) is 4.04. The number of rotatable bonds is 4. The van der Waals surface area contributed by atoms with Gasteiger partial charge in [-0.25, -0.2) is 8.42 Å². The SMILES string of the molecule is O=S1(=O)NC(=NCc2ccccc2)CC1SC1CCCCC1. The zero-order valence-corrected chi connectivity index (χ0v) is 14.2. The minimum absolute atomic E-state index is 0.370. The lowest BCUT2D eigenvalue weighted by Crippen LogP contribution is -2.25. The molecule has 2 fully saturated rings. The molecule has 1 aliphatic carbocycles. The first-order valence-electron chi connectivity index (χ1n) is 7.88. The van der Waals surface area contributed by atoms with Gasteiger partial charge in [0.05, 0.1) is 6.54 Å². The average molecular weight is 338 g/mol. The molecule has 1 saturated heterocycles. The molecule has 0 aromatic heterocycles. The molecule has 0 amide bonds. The van der Waals surface area contributed by atoms with Crippen LogP contribution in [0.1, 0.15) is 44.1 Å². The van der Waals surface area contributed by atoms with Crippen molar-refractivity contribution in [1.29, 1.82) is 0 Å². The van der Waals surface area contributed by atoms with Gasteiger partial charge in [0.1, 0.15) is 10.4 Å². The molecule has 0 bridgehead atoms. The Morgan fingerprint density at radius 3 is 2.59 bits per heavy atom. The van der Waals surface area contributed by atoms with E-state index in [2.05, 4.69) is 9.71 Å². The number of thioether (sulfide) groups is 1. The van der Waals surface area contributed by atoms with E-state index in [1.807, 2.05) is 30.3 Å². The van der Waals surface area contributed by atoms with Crippen molar-refractivity contribution in [3.05, 3.63) is 35.9 Å². The third-order valence-electron chi connectivity index (χ3n) is 4.16. The van der Waals surface area contributed by atoms with Crippen molar-refractivity contribution in [3.63, 3.8) is 0 Å². The molecule has 2 aliphatic rings. The van der Waals surface area contributed by atoms with Crippen molar-refractivity contribution in [2.75, 3.05) is 0 Å². The number of sulfonamides is 1. The molecule has 0 radical (unpaired) electrons. The maximum absolute atomic E-state index is 12.2. The van der Waals surface area contributed by atoms with E-state index in [-0.39, 0.29) is 4.58 Å². The van der Waals surface area contributed by atoms with Crippen LogP contribution in [0.3, 0.4) is 0 Å². The summed E-state index contributed by atoms with van der Waals surface area (Å²) in [5.74, 6) is 0.608. The molecular formula is C16H22N2O2S2. The first kappa shape index (κ1) is 15.9. The van der Waals surface area contributed by atoms with Crippen molar-refractivity contribution in [1.82, 2.24) is 4.72 Å². The molecule has 3 rings (SSSR count). The summed E-state index contributed by atoms with van der Waals surface area (Å²) in [7, 11) is -3.26. The van der Waals surface area contributed by atoms with Gasteiger partial charge < -0.3 is 0 Å². The number of aliphatic imine (C=N–C) groups is 1. The Morgan fingerprint density at radius 2 is 1.86 bits per heavy atom. The van der Waals surface area contributed by atoms with E-state index in [0.717, 1.165) is 18.4 Å². The van der Waals surface area contributed by atoms with Gasteiger partial charge >= 0.3 is 0 Å². The topological polar surface area (TPSA) is 58.5 Å². The van der Waals surface area contributed by atoms with Gasteiger partial charge in [-0.3, -0.25) is 9.71 Å². The molecule has 0 spiro atoms. The van der Waals surface area contributed by atoms with Gasteiger partial charge in [0.15, 0.2) is 0 Å². The summed E-state index contributed by atoms with van der Waals surface area (Å²) in [5, 5.41) is 0.490. The monoisotopic (exact) mass is 338 g/mol. The first-order chi connectivity index (χ1) is 10.6. The van der Waals surface area contributed by atoms with E-state index >= 15 is 0 Å². The summed E-state index contributed by atoms with van der Waals surface area (Å²) in [5.41, 5.74) is 1.09. The summed E-state index contributed by atoms with van der Waals surface area (Å²) in [4.78, 5) is 4.45. The number of amidine groups is 1. The van der Waals surface area contributed by atoms with Crippen LogP contribution in [-0.4, -0.2) is 24.1 Å². The summed E-state index contributed by atoms with van der Waals surface area (Å²) < 4.78 is 26.8. The second kappa shape index (κ2) is 7.04. The zero-order chi connectivity index (χ0) is 15.4. The van der Waals surface area contributed by atoms with Crippen LogP contribution in [0.5, 0.6) is 0 Å². The fourth-order valence-corrected chi connectivity index (χ4v) is 6.42. The molecule has 1 aromatic carbocycles. The van der Waals surface area contributed by atoms with Gasteiger partial charge in [-0.1, -0.05) is 49.6 Å². The van der Waals surface area contributed by atoms with Crippen molar-refractivity contribution >= 4 is 27.6 Å². The fraction of sp³-hybridized carbons (Fsp3) is 0.562. The van der Waals surface area contributed by atoms with Crippen LogP contribution in [-0.2, 0) is 16.6 Å². The Hall–Kier alpha value is -1.01. The molecule has 22 heavy (non-hydrogen) atoms. The van der Waals surface area contributed by atoms with E-state index in [4.69, 9.17) is 0 Å². The predicted molar refractivity (Wildman–Crippen MR) is 92.5 cm³/mol. The molecule has 120 valence electrons. The van der Waals surface area contributed by atoms with E-state index < -0.39 is 10.0 Å². The molecule has 1 atom stereocenters. The van der Waals surface area contributed by atoms with Crippen molar-refractivity contribution in [3.8, 4) is 0 Å². The second-order valence-electron chi connectivity index (χ2n) is 5.93. The lowest BCUT2D eigenvalue weighted by Gasteiger charge is -2.22. The molecular weight excluding hydrogens is 316 g/mol. The standard InChI is InChI=1S/C16H22N2O2S2/c19-22(20)16(21-14-9-5-2-6-10-14)11-15(18-22)17-12-13-7-3-1-4-8-13/h1,3-4,7-8,14,16H,2,5-6,9-12H2,(H,17,18). The van der Waals surface area contributed by atoms with Gasteiger partial charge in [-0.05, 0) is 18.4 Å². The molecule has 1 heterocycles. The quantitative estimate of drug-likeness (QED) is 0.916. The van der Waals surface area contributed by atoms with Gasteiger partial charge in [0, 0.05) is 11.7 Å². The number of nitrogens with zero attached hydrogens (tertiary/aromatic N) is 1. The highest BCUT2D eigenvalue weighted by Crippen LogP contribution is 2.36. The molecule has 1 aromatic rings. The number of hydrogen-bond acceptors (Lipinski definition) is 4. The van der Waals surface area contributed by atoms with E-state index in [0.29, 0.717) is 24.1 Å². The predicted octanol–water partition coefficient (Wildman–Crippen LogP) is 3.30. The maximum Gasteiger partial charge on any atom is 0.246 e. The van der Waals surface area contributed by atoms with Gasteiger partial charge in [0.25, 0.3) is 0 Å². The smallest absolute Gasteiger partial charge is 0.246 e. The van der Waals surface area contributed by atoms with Crippen LogP contribution in [0.4, 0.5) is 0 Å². The van der Waals surface area contributed by atoms with Gasteiger partial charge in [-0.15, -0.1) is 11.8 Å². The lowest BCUT2D eigenvalue weighted by atomic mass is 10.0. The highest BCUT2D eigenvalue weighted by Gasteiger charge is 2.37. The van der Waals surface area contributed by atoms with E-state index in [1.165, 1.54) is 19.3 Å². The highest BCUT2D eigenvalue weighted by atomic mass is 32.3. The van der Waals surface area contributed by atoms with Crippen molar-refractivity contribution in [2.45, 2.75) is 54.9 Å². The molecule has 4 nitrogen and oxygen atoms in total. The number of hydrogen-bond donors (Lipinski definition) is 1. The Bertz CT molecular complexity index is 623. The average Bonchev–Trinajstić information content (AvgIpc) is 2.81. The van der Waals surface area contributed by atoms with E-state index in [9.17, 15) is 8.42 Å². The van der Waals surface area contributed by atoms with Crippen LogP contribution in [0.2, 0.25) is 0 Å². The largest absolute Gasteiger partial charge is 0.270 e. The molecule has 1 saturated carbocycles. The Kier molecular flexibility index (Phi) is 5.08. The van der Waals surface area contributed by atoms with Crippen molar-refractivity contribution < 1.29 is 8.42 Å². The number of nitrogens with one attached hydrogen (secondary N) is 1. The molecule has 1 unspecified atom stereocenters. The van der Waals surface area contributed by atoms with Crippen LogP contribution in [0, 0.1) is 0 Å². The Balaban J connectivity index is 1.62. The lowest BCUT2D eigenvalue weighted by molar-refractivity contribution is 0.515. The maximum atomic E-state index is 12.2. The van der Waals surface area contributed by atoms with Crippen LogP contribution >= 0.6 is 11.8 Å². The highest BCUT2D eigenvalue weighted by molar-refractivity contribution is 8.13. The fourth-order valence-electron chi connectivity index (χ4n) is 2.94.